The van der Waals surface area contributed by atoms with Crippen molar-refractivity contribution < 1.29 is 5.48 Å². The van der Waals surface area contributed by atoms with Crippen molar-refractivity contribution in [2.45, 2.75) is 0 Å². The van der Waals surface area contributed by atoms with Crippen molar-refractivity contribution in [1.82, 2.24) is 0 Å². The molecule has 0 radical (unpaired) electrons. The van der Waals surface area contributed by atoms with Gasteiger partial charge in [-0.15, -0.1) is 0 Å². The van der Waals surface area contributed by atoms with E-state index in [4.69, 9.17) is 0 Å². The molecule has 0 amide bonds. The summed E-state index contributed by atoms with van der Waals surface area (Å²) in [4.78, 5) is 1.87. The van der Waals surface area contributed by atoms with Crippen molar-refractivity contribution in [3.8, 4) is 44.5 Å². The van der Waals surface area contributed by atoms with Crippen LogP contribution in [0.5, 0.6) is 0 Å². The Morgan fingerprint density at radius 2 is 0.836 bits per heavy atom. The van der Waals surface area contributed by atoms with Crippen LogP contribution in [0.1, 0.15) is 5.48 Å². The SMILES string of the molecule is [2H]c1c([2H])c(N(c2ccc(-c3ccc(-c4ccccc4)c(-c4ccccc4)c3)cc2)c2ccc3ccccc3c2)c([2H])c([2H])c1-c1cc2ccccc2c2ccccc12. The zero-order valence-corrected chi connectivity index (χ0v) is 30.0. The molecule has 258 valence electrons. The normalized spacial score (nSPS) is 12.3. The minimum absolute atomic E-state index is 0.0872. The Hall–Kier alpha value is -7.22. The van der Waals surface area contributed by atoms with Gasteiger partial charge < -0.3 is 4.90 Å². The zero-order valence-electron chi connectivity index (χ0n) is 34.0. The van der Waals surface area contributed by atoms with Crippen LogP contribution in [-0.4, -0.2) is 0 Å². The third-order valence-electron chi connectivity index (χ3n) is 10.5. The van der Waals surface area contributed by atoms with Gasteiger partial charge in [-0.2, -0.15) is 0 Å². The summed E-state index contributed by atoms with van der Waals surface area (Å²) in [6.07, 6.45) is 0. The van der Waals surface area contributed by atoms with E-state index in [2.05, 4.69) is 103 Å². The highest BCUT2D eigenvalue weighted by Gasteiger charge is 2.16. The predicted octanol–water partition coefficient (Wildman–Crippen LogP) is 15.3. The molecule has 0 aliphatic rings. The lowest BCUT2D eigenvalue weighted by molar-refractivity contribution is 1.29. The van der Waals surface area contributed by atoms with Crippen LogP contribution in [0, 0.1) is 0 Å². The molecule has 0 aliphatic carbocycles. The number of nitrogens with zero attached hydrogens (tertiary/aromatic N) is 1. The molecule has 10 aromatic rings. The van der Waals surface area contributed by atoms with Gasteiger partial charge in [0.05, 0.1) is 5.48 Å². The number of anilines is 3. The Morgan fingerprint density at radius 3 is 1.56 bits per heavy atom. The van der Waals surface area contributed by atoms with E-state index in [1.54, 1.807) is 0 Å². The number of benzene rings is 10. The van der Waals surface area contributed by atoms with Gasteiger partial charge in [0.2, 0.25) is 0 Å². The van der Waals surface area contributed by atoms with Crippen LogP contribution < -0.4 is 4.90 Å². The lowest BCUT2D eigenvalue weighted by Gasteiger charge is -2.26. The smallest absolute Gasteiger partial charge is 0.0645 e. The molecule has 10 rings (SSSR count). The van der Waals surface area contributed by atoms with Crippen LogP contribution in [0.15, 0.2) is 224 Å². The molecule has 10 aromatic carbocycles. The number of rotatable bonds is 7. The molecular formula is C54H37N. The first kappa shape index (κ1) is 28.3. The van der Waals surface area contributed by atoms with E-state index in [1.165, 1.54) is 0 Å². The second-order valence-corrected chi connectivity index (χ2v) is 13.8. The third-order valence-corrected chi connectivity index (χ3v) is 10.5. The first-order chi connectivity index (χ1) is 28.9. The highest BCUT2D eigenvalue weighted by Crippen LogP contribution is 2.41. The molecule has 0 aromatic heterocycles. The molecule has 0 fully saturated rings. The average Bonchev–Trinajstić information content (AvgIpc) is 3.30. The van der Waals surface area contributed by atoms with E-state index in [1.807, 2.05) is 102 Å². The third kappa shape index (κ3) is 6.12. The summed E-state index contributed by atoms with van der Waals surface area (Å²) in [6.45, 7) is 0. The standard InChI is InChI=1S/C54H37N/c1-3-14-40(15-4-1)50-34-28-44(36-53(50)41-16-5-2-6-17-41)39-23-29-46(30-24-39)55(48-33-25-38-13-7-8-18-43(38)35-48)47-31-26-42(27-32-47)54-37-45-19-9-10-20-49(45)51-21-11-12-22-52(51)54/h1-37H/i26D,27D,31D,32D. The molecule has 0 N–H and O–H groups in total. The summed E-state index contributed by atoms with van der Waals surface area (Å²) in [7, 11) is 0. The van der Waals surface area contributed by atoms with Crippen LogP contribution in [0.4, 0.5) is 17.1 Å². The molecule has 0 spiro atoms. The van der Waals surface area contributed by atoms with E-state index in [-0.39, 0.29) is 35.4 Å². The van der Waals surface area contributed by atoms with Gasteiger partial charge in [-0.3, -0.25) is 0 Å². The van der Waals surface area contributed by atoms with Gasteiger partial charge in [0.1, 0.15) is 0 Å². The van der Waals surface area contributed by atoms with E-state index >= 15 is 0 Å². The van der Waals surface area contributed by atoms with Gasteiger partial charge in [0.15, 0.2) is 0 Å². The van der Waals surface area contributed by atoms with Gasteiger partial charge in [0, 0.05) is 17.1 Å². The molecule has 0 atom stereocenters. The second-order valence-electron chi connectivity index (χ2n) is 13.8. The number of hydrogen-bond acceptors (Lipinski definition) is 1. The minimum atomic E-state index is -0.112. The summed E-state index contributed by atoms with van der Waals surface area (Å²) < 4.78 is 38.3. The van der Waals surface area contributed by atoms with Gasteiger partial charge in [-0.25, -0.2) is 0 Å². The Balaban J connectivity index is 1.13. The molecule has 0 heterocycles. The maximum absolute atomic E-state index is 9.63. The first-order valence-corrected chi connectivity index (χ1v) is 18.6. The van der Waals surface area contributed by atoms with Crippen LogP contribution in [0.3, 0.4) is 0 Å². The molecule has 0 bridgehead atoms. The first-order valence-electron chi connectivity index (χ1n) is 20.6. The molecule has 1 nitrogen and oxygen atoms in total. The van der Waals surface area contributed by atoms with Crippen LogP contribution in [0.2, 0.25) is 0 Å². The van der Waals surface area contributed by atoms with Crippen molar-refractivity contribution in [1.29, 1.82) is 0 Å². The molecule has 0 unspecified atom stereocenters. The fourth-order valence-electron chi connectivity index (χ4n) is 7.79. The van der Waals surface area contributed by atoms with Gasteiger partial charge in [0.25, 0.3) is 0 Å². The van der Waals surface area contributed by atoms with Gasteiger partial charge in [-0.05, 0) is 125 Å². The fraction of sp³-hybridized carbons (Fsp3) is 0. The maximum Gasteiger partial charge on any atom is 0.0645 e. The summed E-state index contributed by atoms with van der Waals surface area (Å²) in [5.74, 6) is 0. The zero-order chi connectivity index (χ0) is 40.0. The van der Waals surface area contributed by atoms with E-state index < -0.39 is 0 Å². The van der Waals surface area contributed by atoms with Crippen LogP contribution in [0.25, 0.3) is 76.8 Å². The topological polar surface area (TPSA) is 3.24 Å². The molecule has 0 saturated carbocycles. The quantitative estimate of drug-likeness (QED) is 0.149. The lowest BCUT2D eigenvalue weighted by atomic mass is 9.91. The molecule has 0 aliphatic heterocycles. The van der Waals surface area contributed by atoms with Crippen molar-refractivity contribution in [2.75, 3.05) is 4.90 Å². The summed E-state index contributed by atoms with van der Waals surface area (Å²) in [6, 6.07) is 67.5. The summed E-state index contributed by atoms with van der Waals surface area (Å²) >= 11 is 0. The fourth-order valence-corrected chi connectivity index (χ4v) is 7.79. The van der Waals surface area contributed by atoms with Gasteiger partial charge >= 0.3 is 0 Å². The predicted molar refractivity (Wildman–Crippen MR) is 235 cm³/mol. The van der Waals surface area contributed by atoms with E-state index in [0.29, 0.717) is 5.56 Å². The van der Waals surface area contributed by atoms with Gasteiger partial charge in [-0.1, -0.05) is 176 Å². The van der Waals surface area contributed by atoms with E-state index in [9.17, 15) is 5.48 Å². The molecule has 0 saturated heterocycles. The highest BCUT2D eigenvalue weighted by molar-refractivity contribution is 6.13. The lowest BCUT2D eigenvalue weighted by Crippen LogP contribution is -2.09. The monoisotopic (exact) mass is 703 g/mol. The maximum atomic E-state index is 9.63. The second kappa shape index (κ2) is 14.0. The Labute approximate surface area is 327 Å². The highest BCUT2D eigenvalue weighted by atomic mass is 15.1. The number of fused-ring (bicyclic) bond motifs is 4. The van der Waals surface area contributed by atoms with Crippen molar-refractivity contribution in [2.24, 2.45) is 0 Å². The Morgan fingerprint density at radius 1 is 0.273 bits per heavy atom. The minimum Gasteiger partial charge on any atom is -0.310 e. The van der Waals surface area contributed by atoms with E-state index in [0.717, 1.165) is 77.1 Å². The average molecular weight is 704 g/mol. The van der Waals surface area contributed by atoms with Crippen LogP contribution >= 0.6 is 0 Å². The Kier molecular flexibility index (Phi) is 7.19. The van der Waals surface area contributed by atoms with Crippen LogP contribution in [-0.2, 0) is 0 Å². The summed E-state index contributed by atoms with van der Waals surface area (Å²) in [5.41, 5.74) is 9.26. The Bertz CT molecular complexity index is 3170. The number of hydrogen-bond donors (Lipinski definition) is 0. The van der Waals surface area contributed by atoms with Crippen molar-refractivity contribution >= 4 is 49.4 Å². The summed E-state index contributed by atoms with van der Waals surface area (Å²) in [5, 5.41) is 6.02. The molecule has 1 heteroatoms. The van der Waals surface area contributed by atoms with Crippen molar-refractivity contribution in [3.63, 3.8) is 0 Å². The largest absolute Gasteiger partial charge is 0.310 e. The van der Waals surface area contributed by atoms with Crippen molar-refractivity contribution in [3.05, 3.63) is 224 Å². The molecule has 55 heavy (non-hydrogen) atoms. The molecular weight excluding hydrogens is 663 g/mol.